The van der Waals surface area contributed by atoms with Crippen molar-refractivity contribution in [3.8, 4) is 11.3 Å². The maximum Gasteiger partial charge on any atom is 0.419 e. The highest BCUT2D eigenvalue weighted by Crippen LogP contribution is 2.69. The molecule has 1 saturated heterocycles. The SMILES string of the molecule is CN1CCN(C23CC(n4cc(-c5cnc(N)c(C(F)(F)F)c5)nc4C4CC4)(C2)C3)CC1. The minimum Gasteiger partial charge on any atom is -0.383 e. The quantitative estimate of drug-likeness (QED) is 0.803. The van der Waals surface area contributed by atoms with Crippen LogP contribution in [0.15, 0.2) is 18.5 Å². The first-order valence-electron chi connectivity index (χ1n) is 11.1. The number of imidazole rings is 1. The summed E-state index contributed by atoms with van der Waals surface area (Å²) in [5.41, 5.74) is 5.93. The van der Waals surface area contributed by atoms with Crippen LogP contribution in [-0.4, -0.2) is 63.1 Å². The Morgan fingerprint density at radius 1 is 1.06 bits per heavy atom. The van der Waals surface area contributed by atoms with Crippen molar-refractivity contribution >= 4 is 5.82 Å². The number of nitrogen functional groups attached to an aromatic ring is 1. The molecule has 2 N–H and O–H groups in total. The van der Waals surface area contributed by atoms with Crippen molar-refractivity contribution in [2.45, 2.75) is 55.3 Å². The van der Waals surface area contributed by atoms with Crippen molar-refractivity contribution in [1.82, 2.24) is 24.3 Å². The summed E-state index contributed by atoms with van der Waals surface area (Å²) in [5, 5.41) is 0. The molecular formula is C22H27F3N6. The first kappa shape index (κ1) is 19.5. The largest absolute Gasteiger partial charge is 0.419 e. The molecule has 6 nitrogen and oxygen atoms in total. The summed E-state index contributed by atoms with van der Waals surface area (Å²) in [6, 6.07) is 1.08. The van der Waals surface area contributed by atoms with Crippen molar-refractivity contribution in [3.63, 3.8) is 0 Å². The van der Waals surface area contributed by atoms with E-state index in [9.17, 15) is 13.2 Å². The van der Waals surface area contributed by atoms with E-state index in [0.29, 0.717) is 22.7 Å². The molecular weight excluding hydrogens is 405 g/mol. The Hall–Kier alpha value is -2.13. The highest BCUT2D eigenvalue weighted by molar-refractivity contribution is 5.62. The van der Waals surface area contributed by atoms with Crippen LogP contribution in [0.1, 0.15) is 49.4 Å². The number of anilines is 1. The van der Waals surface area contributed by atoms with E-state index < -0.39 is 17.6 Å². The lowest BCUT2D eigenvalue weighted by atomic mass is 9.43. The van der Waals surface area contributed by atoms with Gasteiger partial charge in [-0.25, -0.2) is 9.97 Å². The molecule has 0 atom stereocenters. The molecule has 4 saturated carbocycles. The van der Waals surface area contributed by atoms with Gasteiger partial charge in [0.15, 0.2) is 0 Å². The van der Waals surface area contributed by atoms with Gasteiger partial charge >= 0.3 is 6.18 Å². The molecule has 1 aliphatic heterocycles. The third kappa shape index (κ3) is 2.92. The van der Waals surface area contributed by atoms with E-state index in [-0.39, 0.29) is 5.54 Å². The van der Waals surface area contributed by atoms with Crippen molar-refractivity contribution in [2.75, 3.05) is 39.0 Å². The minimum atomic E-state index is -4.53. The van der Waals surface area contributed by atoms with Crippen LogP contribution in [0.2, 0.25) is 0 Å². The van der Waals surface area contributed by atoms with E-state index in [4.69, 9.17) is 10.7 Å². The van der Waals surface area contributed by atoms with Gasteiger partial charge in [0, 0.05) is 55.6 Å². The topological polar surface area (TPSA) is 63.2 Å². The number of hydrogen-bond donors (Lipinski definition) is 1. The molecule has 0 aromatic carbocycles. The summed E-state index contributed by atoms with van der Waals surface area (Å²) in [6.07, 6.45) is 4.40. The number of likely N-dealkylation sites (N-methyl/N-ethyl adjacent to an activating group) is 1. The van der Waals surface area contributed by atoms with Gasteiger partial charge in [0.25, 0.3) is 0 Å². The summed E-state index contributed by atoms with van der Waals surface area (Å²) < 4.78 is 42.3. The van der Waals surface area contributed by atoms with Gasteiger partial charge in [0.05, 0.1) is 16.8 Å². The highest BCUT2D eigenvalue weighted by atomic mass is 19.4. The molecule has 2 aromatic rings. The minimum absolute atomic E-state index is 0.0839. The van der Waals surface area contributed by atoms with Gasteiger partial charge in [-0.15, -0.1) is 0 Å². The van der Waals surface area contributed by atoms with E-state index in [1.165, 1.54) is 6.20 Å². The number of halogens is 3. The molecule has 31 heavy (non-hydrogen) atoms. The maximum absolute atomic E-state index is 13.3. The van der Waals surface area contributed by atoms with Crippen LogP contribution in [0, 0.1) is 0 Å². The number of piperazine rings is 1. The Morgan fingerprint density at radius 3 is 2.35 bits per heavy atom. The third-order valence-corrected chi connectivity index (χ3v) is 7.85. The number of pyridine rings is 1. The Bertz CT molecular complexity index is 1010. The third-order valence-electron chi connectivity index (χ3n) is 7.85. The fraction of sp³-hybridized carbons (Fsp3) is 0.636. The van der Waals surface area contributed by atoms with Gasteiger partial charge in [-0.3, -0.25) is 4.90 Å². The fourth-order valence-corrected chi connectivity index (χ4v) is 5.94. The highest BCUT2D eigenvalue weighted by Gasteiger charge is 2.71. The van der Waals surface area contributed by atoms with Gasteiger partial charge in [0.2, 0.25) is 0 Å². The fourth-order valence-electron chi connectivity index (χ4n) is 5.94. The predicted molar refractivity (Wildman–Crippen MR) is 110 cm³/mol. The van der Waals surface area contributed by atoms with Crippen molar-refractivity contribution < 1.29 is 13.2 Å². The van der Waals surface area contributed by atoms with Gasteiger partial charge in [-0.05, 0) is 45.2 Å². The summed E-state index contributed by atoms with van der Waals surface area (Å²) in [5.74, 6) is 0.963. The average Bonchev–Trinajstić information content (AvgIpc) is 3.40. The van der Waals surface area contributed by atoms with Crippen LogP contribution in [0.25, 0.3) is 11.3 Å². The first-order valence-corrected chi connectivity index (χ1v) is 11.1. The van der Waals surface area contributed by atoms with E-state index in [2.05, 4.69) is 26.4 Å². The van der Waals surface area contributed by atoms with Gasteiger partial charge in [-0.2, -0.15) is 13.2 Å². The molecule has 7 rings (SSSR count). The number of aromatic nitrogens is 3. The molecule has 0 unspecified atom stereocenters. The monoisotopic (exact) mass is 432 g/mol. The summed E-state index contributed by atoms with van der Waals surface area (Å²) >= 11 is 0. The molecule has 0 amide bonds. The second kappa shape index (κ2) is 6.22. The predicted octanol–water partition coefficient (Wildman–Crippen LogP) is 3.30. The van der Waals surface area contributed by atoms with Crippen molar-refractivity contribution in [3.05, 3.63) is 29.8 Å². The van der Waals surface area contributed by atoms with Gasteiger partial charge in [-0.1, -0.05) is 0 Å². The number of nitrogens with zero attached hydrogens (tertiary/aromatic N) is 5. The normalized spacial score (nSPS) is 31.4. The molecule has 9 heteroatoms. The second-order valence-corrected chi connectivity index (χ2v) is 10.1. The number of hydrogen-bond acceptors (Lipinski definition) is 5. The zero-order chi connectivity index (χ0) is 21.6. The molecule has 2 bridgehead atoms. The van der Waals surface area contributed by atoms with E-state index >= 15 is 0 Å². The van der Waals surface area contributed by atoms with Gasteiger partial charge < -0.3 is 15.2 Å². The second-order valence-electron chi connectivity index (χ2n) is 10.1. The van der Waals surface area contributed by atoms with Crippen molar-refractivity contribution in [1.29, 1.82) is 0 Å². The van der Waals surface area contributed by atoms with E-state index in [0.717, 1.165) is 70.2 Å². The first-order chi connectivity index (χ1) is 14.7. The lowest BCUT2D eigenvalue weighted by molar-refractivity contribution is -0.213. The van der Waals surface area contributed by atoms with Gasteiger partial charge in [0.1, 0.15) is 11.6 Å². The molecule has 166 valence electrons. The number of nitrogens with two attached hydrogens (primary N) is 1. The Balaban J connectivity index is 1.29. The van der Waals surface area contributed by atoms with Crippen LogP contribution >= 0.6 is 0 Å². The standard InChI is InChI=1S/C22H27F3N6/c1-29-4-6-30(7-5-29)20-11-21(12-20,13-20)31-10-17(28-19(31)14-2-3-14)15-8-16(22(23,24)25)18(26)27-9-15/h8-10,14H,2-7,11-13H2,1H3,(H2,26,27). The Labute approximate surface area is 179 Å². The lowest BCUT2D eigenvalue weighted by Gasteiger charge is -2.75. The lowest BCUT2D eigenvalue weighted by Crippen LogP contribution is -2.80. The maximum atomic E-state index is 13.3. The summed E-state index contributed by atoms with van der Waals surface area (Å²) in [7, 11) is 2.17. The average molecular weight is 432 g/mol. The zero-order valence-electron chi connectivity index (χ0n) is 17.6. The molecule has 0 radical (unpaired) electrons. The smallest absolute Gasteiger partial charge is 0.383 e. The van der Waals surface area contributed by atoms with Crippen LogP contribution in [0.4, 0.5) is 19.0 Å². The molecule has 5 fully saturated rings. The molecule has 5 aliphatic rings. The molecule has 0 spiro atoms. The Kier molecular flexibility index (Phi) is 3.92. The zero-order valence-corrected chi connectivity index (χ0v) is 17.6. The van der Waals surface area contributed by atoms with Crippen molar-refractivity contribution in [2.24, 2.45) is 0 Å². The number of rotatable bonds is 4. The molecule has 2 aromatic heterocycles. The number of alkyl halides is 3. The Morgan fingerprint density at radius 2 is 1.74 bits per heavy atom. The van der Waals surface area contributed by atoms with Crippen LogP contribution in [-0.2, 0) is 11.7 Å². The summed E-state index contributed by atoms with van der Waals surface area (Å²) in [4.78, 5) is 13.6. The van der Waals surface area contributed by atoms with E-state index in [1.54, 1.807) is 0 Å². The molecule has 3 heterocycles. The van der Waals surface area contributed by atoms with Crippen LogP contribution in [0.5, 0.6) is 0 Å². The van der Waals surface area contributed by atoms with Crippen LogP contribution < -0.4 is 5.73 Å². The molecule has 4 aliphatic carbocycles. The summed E-state index contributed by atoms with van der Waals surface area (Å²) in [6.45, 7) is 4.47. The van der Waals surface area contributed by atoms with Crippen LogP contribution in [0.3, 0.4) is 0 Å². The van der Waals surface area contributed by atoms with E-state index in [1.807, 2.05) is 6.20 Å².